The monoisotopic (exact) mass is 352 g/mol. The van der Waals surface area contributed by atoms with Gasteiger partial charge in [0.25, 0.3) is 0 Å². The molecule has 2 amide bonds. The van der Waals surface area contributed by atoms with Crippen LogP contribution < -0.4 is 10.6 Å². The summed E-state index contributed by atoms with van der Waals surface area (Å²) in [5, 5.41) is 6.18. The highest BCUT2D eigenvalue weighted by Crippen LogP contribution is 2.11. The Hall–Kier alpha value is -2.01. The summed E-state index contributed by atoms with van der Waals surface area (Å²) < 4.78 is 4.89. The third kappa shape index (κ3) is 8.58. The van der Waals surface area contributed by atoms with Gasteiger partial charge in [0, 0.05) is 23.7 Å². The molecule has 1 rings (SSSR count). The summed E-state index contributed by atoms with van der Waals surface area (Å²) in [7, 11) is 0. The van der Waals surface area contributed by atoms with Gasteiger partial charge in [0.15, 0.2) is 0 Å². The molecule has 0 spiro atoms. The number of benzene rings is 1. The number of carbonyl (C=O) groups excluding carboxylic acids is 2. The van der Waals surface area contributed by atoms with E-state index in [0.29, 0.717) is 24.1 Å². The van der Waals surface area contributed by atoms with Crippen LogP contribution in [0.5, 0.6) is 0 Å². The van der Waals surface area contributed by atoms with Crippen LogP contribution in [-0.2, 0) is 9.53 Å². The number of alkyl carbamates (subject to hydrolysis) is 1. The normalized spacial score (nSPS) is 12.2. The van der Waals surface area contributed by atoms with Gasteiger partial charge >= 0.3 is 6.09 Å². The van der Waals surface area contributed by atoms with Crippen molar-refractivity contribution in [3.8, 4) is 0 Å². The highest BCUT2D eigenvalue weighted by atomic mass is 35.5. The molecule has 0 heterocycles. The molecule has 132 valence electrons. The first-order valence-electron chi connectivity index (χ1n) is 8.05. The van der Waals surface area contributed by atoms with Gasteiger partial charge in [-0.2, -0.15) is 0 Å². The number of halogens is 1. The van der Waals surface area contributed by atoms with E-state index in [4.69, 9.17) is 16.3 Å². The highest BCUT2D eigenvalue weighted by molar-refractivity contribution is 6.30. The Morgan fingerprint density at radius 2 is 2.08 bits per heavy atom. The van der Waals surface area contributed by atoms with E-state index in [1.807, 2.05) is 12.1 Å². The second-order valence-corrected chi connectivity index (χ2v) is 6.26. The predicted molar refractivity (Wildman–Crippen MR) is 96.9 cm³/mol. The van der Waals surface area contributed by atoms with Crippen molar-refractivity contribution in [3.63, 3.8) is 0 Å². The van der Waals surface area contributed by atoms with Crippen LogP contribution in [0.25, 0.3) is 6.08 Å². The summed E-state index contributed by atoms with van der Waals surface area (Å²) in [5.41, 5.74) is 0.848. The third-order valence-corrected chi connectivity index (χ3v) is 3.39. The molecule has 0 fully saturated rings. The second kappa shape index (κ2) is 10.7. The molecule has 6 heteroatoms. The van der Waals surface area contributed by atoms with Gasteiger partial charge in [0.2, 0.25) is 5.91 Å². The standard InChI is InChI=1S/C18H25ClN2O3/c1-4-24-18(23)21-16(10-13(2)3)12-20-17(22)9-8-14-6-5-7-15(19)11-14/h5-9,11,13,16H,4,10,12H2,1-3H3,(H,20,22)(H,21,23). The summed E-state index contributed by atoms with van der Waals surface area (Å²) in [5.74, 6) is 0.158. The third-order valence-electron chi connectivity index (χ3n) is 3.15. The van der Waals surface area contributed by atoms with E-state index < -0.39 is 6.09 Å². The van der Waals surface area contributed by atoms with E-state index >= 15 is 0 Å². The number of carbonyl (C=O) groups is 2. The van der Waals surface area contributed by atoms with Gasteiger partial charge in [-0.3, -0.25) is 4.79 Å². The summed E-state index contributed by atoms with van der Waals surface area (Å²) >= 11 is 5.90. The molecule has 0 radical (unpaired) electrons. The lowest BCUT2D eigenvalue weighted by atomic mass is 10.0. The Labute approximate surface area is 148 Å². The molecule has 1 aromatic carbocycles. The van der Waals surface area contributed by atoms with Crippen molar-refractivity contribution in [2.45, 2.75) is 33.2 Å². The fourth-order valence-corrected chi connectivity index (χ4v) is 2.37. The molecule has 0 aliphatic heterocycles. The van der Waals surface area contributed by atoms with Crippen molar-refractivity contribution in [1.82, 2.24) is 10.6 Å². The quantitative estimate of drug-likeness (QED) is 0.702. The molecule has 0 aliphatic rings. The number of amides is 2. The number of ether oxygens (including phenoxy) is 1. The SMILES string of the molecule is CCOC(=O)NC(CNC(=O)C=Cc1cccc(Cl)c1)CC(C)C. The molecule has 0 bridgehead atoms. The average Bonchev–Trinajstić information content (AvgIpc) is 2.50. The van der Waals surface area contributed by atoms with E-state index in [1.165, 1.54) is 6.08 Å². The van der Waals surface area contributed by atoms with Gasteiger partial charge in [0.05, 0.1) is 6.61 Å². The smallest absolute Gasteiger partial charge is 0.407 e. The maximum Gasteiger partial charge on any atom is 0.407 e. The Morgan fingerprint density at radius 3 is 2.71 bits per heavy atom. The summed E-state index contributed by atoms with van der Waals surface area (Å²) in [6, 6.07) is 7.06. The minimum absolute atomic E-state index is 0.174. The first-order valence-corrected chi connectivity index (χ1v) is 8.43. The van der Waals surface area contributed by atoms with E-state index in [1.54, 1.807) is 25.1 Å². The van der Waals surface area contributed by atoms with Gasteiger partial charge in [0.1, 0.15) is 0 Å². The van der Waals surface area contributed by atoms with Crippen LogP contribution in [-0.4, -0.2) is 31.2 Å². The van der Waals surface area contributed by atoms with E-state index in [-0.39, 0.29) is 11.9 Å². The van der Waals surface area contributed by atoms with E-state index in [0.717, 1.165) is 12.0 Å². The van der Waals surface area contributed by atoms with E-state index in [9.17, 15) is 9.59 Å². The molecule has 24 heavy (non-hydrogen) atoms. The maximum absolute atomic E-state index is 11.9. The van der Waals surface area contributed by atoms with Gasteiger partial charge in [-0.05, 0) is 43.0 Å². The molecule has 1 unspecified atom stereocenters. The van der Waals surface area contributed by atoms with Crippen molar-refractivity contribution < 1.29 is 14.3 Å². The number of nitrogens with one attached hydrogen (secondary N) is 2. The van der Waals surface area contributed by atoms with E-state index in [2.05, 4.69) is 24.5 Å². The van der Waals surface area contributed by atoms with Crippen LogP contribution in [0.2, 0.25) is 5.02 Å². The molecule has 0 saturated heterocycles. The van der Waals surface area contributed by atoms with Crippen LogP contribution >= 0.6 is 11.6 Å². The Bertz CT molecular complexity index is 573. The van der Waals surface area contributed by atoms with Crippen LogP contribution in [0.3, 0.4) is 0 Å². The first kappa shape index (κ1) is 20.0. The second-order valence-electron chi connectivity index (χ2n) is 5.82. The maximum atomic E-state index is 11.9. The summed E-state index contributed by atoms with van der Waals surface area (Å²) in [4.78, 5) is 23.5. The van der Waals surface area contributed by atoms with Gasteiger partial charge in [-0.1, -0.05) is 37.6 Å². The Balaban J connectivity index is 2.52. The van der Waals surface area contributed by atoms with Crippen LogP contribution in [0, 0.1) is 5.92 Å². The lowest BCUT2D eigenvalue weighted by Crippen LogP contribution is -2.44. The predicted octanol–water partition coefficient (Wildman–Crippen LogP) is 3.63. The van der Waals surface area contributed by atoms with Crippen LogP contribution in [0.15, 0.2) is 30.3 Å². The van der Waals surface area contributed by atoms with Crippen molar-refractivity contribution in [1.29, 1.82) is 0 Å². The topological polar surface area (TPSA) is 67.4 Å². The van der Waals surface area contributed by atoms with Crippen molar-refractivity contribution in [2.75, 3.05) is 13.2 Å². The fourth-order valence-electron chi connectivity index (χ4n) is 2.17. The zero-order chi connectivity index (χ0) is 17.9. The van der Waals surface area contributed by atoms with Gasteiger partial charge in [-0.25, -0.2) is 4.79 Å². The number of rotatable bonds is 8. The number of hydrogen-bond donors (Lipinski definition) is 2. The Morgan fingerprint density at radius 1 is 1.33 bits per heavy atom. The molecule has 5 nitrogen and oxygen atoms in total. The van der Waals surface area contributed by atoms with Crippen LogP contribution in [0.4, 0.5) is 4.79 Å². The summed E-state index contributed by atoms with van der Waals surface area (Å²) in [6.07, 6.45) is 3.42. The van der Waals surface area contributed by atoms with Crippen LogP contribution in [0.1, 0.15) is 32.8 Å². The van der Waals surface area contributed by atoms with Crippen molar-refractivity contribution in [3.05, 3.63) is 40.9 Å². The molecule has 2 N–H and O–H groups in total. The zero-order valence-corrected chi connectivity index (χ0v) is 15.1. The van der Waals surface area contributed by atoms with Gasteiger partial charge in [-0.15, -0.1) is 0 Å². The molecule has 0 aliphatic carbocycles. The average molecular weight is 353 g/mol. The minimum atomic E-state index is -0.466. The number of hydrogen-bond acceptors (Lipinski definition) is 3. The lowest BCUT2D eigenvalue weighted by Gasteiger charge is -2.20. The molecule has 0 saturated carbocycles. The molecule has 1 atom stereocenters. The summed E-state index contributed by atoms with van der Waals surface area (Å²) in [6.45, 7) is 6.52. The highest BCUT2D eigenvalue weighted by Gasteiger charge is 2.15. The van der Waals surface area contributed by atoms with Crippen molar-refractivity contribution >= 4 is 29.7 Å². The molecule has 0 aromatic heterocycles. The van der Waals surface area contributed by atoms with Gasteiger partial charge < -0.3 is 15.4 Å². The largest absolute Gasteiger partial charge is 0.450 e. The van der Waals surface area contributed by atoms with Crippen molar-refractivity contribution in [2.24, 2.45) is 5.92 Å². The molecular formula is C18H25ClN2O3. The molecule has 1 aromatic rings. The Kier molecular flexibility index (Phi) is 8.94. The lowest BCUT2D eigenvalue weighted by molar-refractivity contribution is -0.116. The zero-order valence-electron chi connectivity index (χ0n) is 14.3. The minimum Gasteiger partial charge on any atom is -0.450 e. The fraction of sp³-hybridized carbons (Fsp3) is 0.444. The molecular weight excluding hydrogens is 328 g/mol. The first-order chi connectivity index (χ1) is 11.4.